The average Bonchev–Trinajstić information content (AvgIpc) is 3.11. The lowest BCUT2D eigenvalue weighted by molar-refractivity contribution is -0.380. The number of esters is 1. The molecule has 0 radical (unpaired) electrons. The molecule has 0 unspecified atom stereocenters. The van der Waals surface area contributed by atoms with E-state index in [1.54, 1.807) is 6.92 Å². The van der Waals surface area contributed by atoms with E-state index in [1.807, 2.05) is 0 Å². The third-order valence-corrected chi connectivity index (χ3v) is 3.58. The first-order valence-corrected chi connectivity index (χ1v) is 6.60. The number of amides is 1. The summed E-state index contributed by atoms with van der Waals surface area (Å²) < 4.78 is 4.81. The van der Waals surface area contributed by atoms with Crippen LogP contribution in [0.2, 0.25) is 0 Å². The van der Waals surface area contributed by atoms with Gasteiger partial charge in [0.2, 0.25) is 5.91 Å². The number of anilines is 1. The number of hydrogen-bond donors (Lipinski definition) is 1. The highest BCUT2D eigenvalue weighted by Crippen LogP contribution is 2.36. The second-order valence-corrected chi connectivity index (χ2v) is 5.10. The van der Waals surface area contributed by atoms with Crippen LogP contribution in [0.15, 0.2) is 6.07 Å². The fourth-order valence-corrected chi connectivity index (χ4v) is 2.35. The highest BCUT2D eigenvalue weighted by Gasteiger charge is 2.32. The molecular formula is C11H12N2O5S. The van der Waals surface area contributed by atoms with Gasteiger partial charge >= 0.3 is 11.0 Å². The monoisotopic (exact) mass is 284 g/mol. The van der Waals surface area contributed by atoms with Crippen LogP contribution in [0.1, 0.15) is 30.1 Å². The van der Waals surface area contributed by atoms with Gasteiger partial charge in [-0.05, 0) is 31.1 Å². The molecule has 1 aliphatic carbocycles. The van der Waals surface area contributed by atoms with Crippen LogP contribution in [0.4, 0.5) is 10.0 Å². The van der Waals surface area contributed by atoms with Gasteiger partial charge in [0.05, 0.1) is 11.5 Å². The molecule has 1 aliphatic rings. The van der Waals surface area contributed by atoms with E-state index in [0.717, 1.165) is 30.2 Å². The van der Waals surface area contributed by atoms with Crippen LogP contribution in [-0.4, -0.2) is 23.4 Å². The standard InChI is InChI=1S/C11H12N2O5S/c1-2-18-11(15)7-5-8(13(16)17)19-10(7)12-9(14)6-3-4-6/h5-6H,2-4H2,1H3,(H,12,14). The highest BCUT2D eigenvalue weighted by atomic mass is 32.1. The zero-order valence-corrected chi connectivity index (χ0v) is 11.0. The number of ether oxygens (including phenoxy) is 1. The van der Waals surface area contributed by atoms with E-state index in [4.69, 9.17) is 4.74 Å². The van der Waals surface area contributed by atoms with Gasteiger partial charge in [-0.25, -0.2) is 4.79 Å². The van der Waals surface area contributed by atoms with Crippen molar-refractivity contribution in [3.63, 3.8) is 0 Å². The molecular weight excluding hydrogens is 272 g/mol. The van der Waals surface area contributed by atoms with E-state index in [1.165, 1.54) is 0 Å². The molecule has 1 fully saturated rings. The molecule has 7 nitrogen and oxygen atoms in total. The van der Waals surface area contributed by atoms with E-state index < -0.39 is 10.9 Å². The van der Waals surface area contributed by atoms with E-state index in [2.05, 4.69) is 5.32 Å². The largest absolute Gasteiger partial charge is 0.462 e. The van der Waals surface area contributed by atoms with Gasteiger partial charge < -0.3 is 10.1 Å². The molecule has 0 aromatic carbocycles. The number of rotatable bonds is 5. The van der Waals surface area contributed by atoms with Crippen LogP contribution in [0.3, 0.4) is 0 Å². The molecule has 0 bridgehead atoms. The average molecular weight is 284 g/mol. The van der Waals surface area contributed by atoms with E-state index >= 15 is 0 Å². The van der Waals surface area contributed by atoms with E-state index in [9.17, 15) is 19.7 Å². The molecule has 1 heterocycles. The fraction of sp³-hybridized carbons (Fsp3) is 0.455. The predicted octanol–water partition coefficient (Wildman–Crippen LogP) is 2.18. The molecule has 19 heavy (non-hydrogen) atoms. The summed E-state index contributed by atoms with van der Waals surface area (Å²) in [7, 11) is 0. The number of nitrogens with zero attached hydrogens (tertiary/aromatic N) is 1. The third kappa shape index (κ3) is 3.08. The Kier molecular flexibility index (Phi) is 3.79. The summed E-state index contributed by atoms with van der Waals surface area (Å²) in [5.41, 5.74) is 0.0348. The summed E-state index contributed by atoms with van der Waals surface area (Å²) in [5.74, 6) is -0.920. The molecule has 1 amide bonds. The Hall–Kier alpha value is -1.96. The Labute approximate surface area is 112 Å². The molecule has 102 valence electrons. The zero-order valence-electron chi connectivity index (χ0n) is 10.2. The number of carbonyl (C=O) groups excluding carboxylic acids is 2. The molecule has 8 heteroatoms. The summed E-state index contributed by atoms with van der Waals surface area (Å²) in [6, 6.07) is 1.13. The van der Waals surface area contributed by atoms with Gasteiger partial charge in [-0.15, -0.1) is 0 Å². The van der Waals surface area contributed by atoms with Crippen LogP contribution in [0.5, 0.6) is 0 Å². The van der Waals surface area contributed by atoms with Crippen molar-refractivity contribution >= 4 is 33.2 Å². The van der Waals surface area contributed by atoms with Crippen LogP contribution in [-0.2, 0) is 9.53 Å². The summed E-state index contributed by atoms with van der Waals surface area (Å²) in [6.07, 6.45) is 1.63. The topological polar surface area (TPSA) is 98.5 Å². The lowest BCUT2D eigenvalue weighted by Gasteiger charge is -2.04. The lowest BCUT2D eigenvalue weighted by Crippen LogP contribution is -2.15. The number of carbonyl (C=O) groups is 2. The Balaban J connectivity index is 2.24. The molecule has 1 saturated carbocycles. The quantitative estimate of drug-likeness (QED) is 0.507. The van der Waals surface area contributed by atoms with Gasteiger partial charge in [-0.1, -0.05) is 0 Å². The molecule has 1 aromatic rings. The van der Waals surface area contributed by atoms with Crippen molar-refractivity contribution in [1.29, 1.82) is 0 Å². The number of hydrogen-bond acceptors (Lipinski definition) is 6. The Morgan fingerprint density at radius 3 is 2.79 bits per heavy atom. The normalized spacial score (nSPS) is 13.9. The van der Waals surface area contributed by atoms with Gasteiger partial charge in [-0.2, -0.15) is 0 Å². The molecule has 0 saturated heterocycles. The molecule has 0 aliphatic heterocycles. The first kappa shape index (κ1) is 13.5. The van der Waals surface area contributed by atoms with Gasteiger partial charge in [0.25, 0.3) is 0 Å². The molecule has 2 rings (SSSR count). The van der Waals surface area contributed by atoms with E-state index in [-0.39, 0.29) is 34.0 Å². The molecule has 0 atom stereocenters. The Morgan fingerprint density at radius 1 is 1.58 bits per heavy atom. The smallest absolute Gasteiger partial charge is 0.341 e. The van der Waals surface area contributed by atoms with Crippen molar-refractivity contribution < 1.29 is 19.2 Å². The fourth-order valence-electron chi connectivity index (χ4n) is 1.48. The highest BCUT2D eigenvalue weighted by molar-refractivity contribution is 7.19. The lowest BCUT2D eigenvalue weighted by atomic mass is 10.3. The van der Waals surface area contributed by atoms with Crippen molar-refractivity contribution in [1.82, 2.24) is 0 Å². The SMILES string of the molecule is CCOC(=O)c1cc([N+](=O)[O-])sc1NC(=O)C1CC1. The molecule has 1 aromatic heterocycles. The number of nitrogens with one attached hydrogen (secondary N) is 1. The van der Waals surface area contributed by atoms with Gasteiger partial charge in [0, 0.05) is 12.0 Å². The Morgan fingerprint density at radius 2 is 2.26 bits per heavy atom. The van der Waals surface area contributed by atoms with Gasteiger partial charge in [0.1, 0.15) is 10.6 Å². The molecule has 1 N–H and O–H groups in total. The number of nitro groups is 1. The summed E-state index contributed by atoms with van der Waals surface area (Å²) in [5, 5.41) is 13.3. The molecule has 0 spiro atoms. The maximum absolute atomic E-state index is 11.7. The minimum Gasteiger partial charge on any atom is -0.462 e. The number of thiophene rings is 1. The second kappa shape index (κ2) is 5.35. The van der Waals surface area contributed by atoms with Gasteiger partial charge in [0.15, 0.2) is 0 Å². The maximum Gasteiger partial charge on any atom is 0.341 e. The summed E-state index contributed by atoms with van der Waals surface area (Å²) in [6.45, 7) is 1.81. The van der Waals surface area contributed by atoms with Crippen molar-refractivity contribution in [2.75, 3.05) is 11.9 Å². The minimum atomic E-state index is -0.669. The van der Waals surface area contributed by atoms with Crippen molar-refractivity contribution in [2.24, 2.45) is 5.92 Å². The third-order valence-electron chi connectivity index (χ3n) is 2.58. The summed E-state index contributed by atoms with van der Waals surface area (Å²) >= 11 is 0.763. The van der Waals surface area contributed by atoms with Crippen LogP contribution < -0.4 is 5.32 Å². The van der Waals surface area contributed by atoms with Crippen LogP contribution in [0.25, 0.3) is 0 Å². The van der Waals surface area contributed by atoms with Crippen LogP contribution in [0, 0.1) is 16.0 Å². The second-order valence-electron chi connectivity index (χ2n) is 4.07. The van der Waals surface area contributed by atoms with Crippen LogP contribution >= 0.6 is 11.3 Å². The minimum absolute atomic E-state index is 0.0348. The Bertz CT molecular complexity index is 535. The maximum atomic E-state index is 11.7. The first-order valence-electron chi connectivity index (χ1n) is 5.79. The van der Waals surface area contributed by atoms with Gasteiger partial charge in [-0.3, -0.25) is 14.9 Å². The van der Waals surface area contributed by atoms with Crippen molar-refractivity contribution in [3.05, 3.63) is 21.7 Å². The summed E-state index contributed by atoms with van der Waals surface area (Å²) in [4.78, 5) is 33.5. The van der Waals surface area contributed by atoms with Crippen molar-refractivity contribution in [2.45, 2.75) is 19.8 Å². The van der Waals surface area contributed by atoms with Crippen molar-refractivity contribution in [3.8, 4) is 0 Å². The first-order chi connectivity index (χ1) is 9.02. The van der Waals surface area contributed by atoms with E-state index in [0.29, 0.717) is 0 Å². The predicted molar refractivity (Wildman–Crippen MR) is 68.3 cm³/mol. The zero-order chi connectivity index (χ0) is 14.0.